The van der Waals surface area contributed by atoms with Crippen LogP contribution in [0.25, 0.3) is 0 Å². The second-order valence-electron chi connectivity index (χ2n) is 4.99. The largest absolute Gasteiger partial charge is 0.481 e. The van der Waals surface area contributed by atoms with Crippen LogP contribution in [0.2, 0.25) is 0 Å². The van der Waals surface area contributed by atoms with Crippen LogP contribution in [0.5, 0.6) is 0 Å². The highest BCUT2D eigenvalue weighted by atomic mass is 16.5. The number of carboxylic acid groups (broad SMARTS) is 1. The molecule has 25 heavy (non-hydrogen) atoms. The second kappa shape index (κ2) is 17.1. The first-order valence-electron chi connectivity index (χ1n) is 8.43. The van der Waals surface area contributed by atoms with E-state index in [0.717, 1.165) is 0 Å². The predicted octanol–water partition coefficient (Wildman–Crippen LogP) is 0.361. The average Bonchev–Trinajstić information content (AvgIpc) is 2.57. The number of nitrogens with one attached hydrogen (secondary N) is 1. The molecule has 2 N–H and O–H groups in total. The Morgan fingerprint density at radius 2 is 1.44 bits per heavy atom. The van der Waals surface area contributed by atoms with Crippen LogP contribution < -0.4 is 5.32 Å². The third kappa shape index (κ3) is 18.5. The zero-order valence-electron chi connectivity index (χ0n) is 14.8. The minimum Gasteiger partial charge on any atom is -0.481 e. The Bertz CT molecular complexity index is 375. The van der Waals surface area contributed by atoms with E-state index in [0.29, 0.717) is 59.2 Å². The highest BCUT2D eigenvalue weighted by Gasteiger charge is 2.04. The van der Waals surface area contributed by atoms with Crippen molar-refractivity contribution in [1.29, 1.82) is 0 Å². The fraction of sp³-hybridized carbons (Fsp3) is 0.812. The van der Waals surface area contributed by atoms with Gasteiger partial charge >= 0.3 is 11.9 Å². The molecule has 0 aliphatic carbocycles. The molecule has 0 spiro atoms. The van der Waals surface area contributed by atoms with Gasteiger partial charge in [-0.3, -0.25) is 14.4 Å². The molecule has 0 aromatic carbocycles. The number of amides is 1. The van der Waals surface area contributed by atoms with Gasteiger partial charge in [0.1, 0.15) is 0 Å². The monoisotopic (exact) mass is 363 g/mol. The van der Waals surface area contributed by atoms with E-state index in [1.165, 1.54) is 0 Å². The second-order valence-corrected chi connectivity index (χ2v) is 4.99. The standard InChI is InChI=1S/C16H29NO8/c1-2-25-16(21)6-9-23-11-13-24-12-10-22-8-3-7-17-14(18)4-5-15(19)20/h2-13H2,1H3,(H,17,18)(H,19,20). The van der Waals surface area contributed by atoms with Gasteiger partial charge in [-0.15, -0.1) is 0 Å². The fourth-order valence-corrected chi connectivity index (χ4v) is 1.64. The third-order valence-corrected chi connectivity index (χ3v) is 2.85. The zero-order chi connectivity index (χ0) is 18.8. The van der Waals surface area contributed by atoms with Crippen LogP contribution in [-0.2, 0) is 33.3 Å². The highest BCUT2D eigenvalue weighted by Crippen LogP contribution is 1.90. The number of hydrogen-bond donors (Lipinski definition) is 2. The Morgan fingerprint density at radius 1 is 0.840 bits per heavy atom. The van der Waals surface area contributed by atoms with Crippen molar-refractivity contribution in [3.05, 3.63) is 0 Å². The van der Waals surface area contributed by atoms with Gasteiger partial charge in [-0.1, -0.05) is 0 Å². The number of carboxylic acids is 1. The van der Waals surface area contributed by atoms with Gasteiger partial charge in [-0.05, 0) is 13.3 Å². The lowest BCUT2D eigenvalue weighted by atomic mass is 10.3. The molecular weight excluding hydrogens is 334 g/mol. The lowest BCUT2D eigenvalue weighted by Gasteiger charge is -2.07. The summed E-state index contributed by atoms with van der Waals surface area (Å²) >= 11 is 0. The van der Waals surface area contributed by atoms with Crippen molar-refractivity contribution in [3.8, 4) is 0 Å². The predicted molar refractivity (Wildman–Crippen MR) is 88.2 cm³/mol. The van der Waals surface area contributed by atoms with E-state index in [1.807, 2.05) is 0 Å². The van der Waals surface area contributed by atoms with E-state index in [-0.39, 0.29) is 31.1 Å². The molecule has 0 rings (SSSR count). The summed E-state index contributed by atoms with van der Waals surface area (Å²) in [5, 5.41) is 11.1. The van der Waals surface area contributed by atoms with Crippen molar-refractivity contribution in [2.45, 2.75) is 32.6 Å². The van der Waals surface area contributed by atoms with Crippen LogP contribution >= 0.6 is 0 Å². The molecule has 0 saturated heterocycles. The molecule has 0 aliphatic heterocycles. The van der Waals surface area contributed by atoms with Crippen LogP contribution in [0.1, 0.15) is 32.6 Å². The maximum atomic E-state index is 11.2. The summed E-state index contributed by atoms with van der Waals surface area (Å²) in [4.78, 5) is 32.5. The lowest BCUT2D eigenvalue weighted by Crippen LogP contribution is -2.25. The molecule has 0 aliphatic rings. The number of rotatable bonds is 17. The van der Waals surface area contributed by atoms with Crippen LogP contribution in [0, 0.1) is 0 Å². The van der Waals surface area contributed by atoms with Crippen LogP contribution in [0.4, 0.5) is 0 Å². The summed E-state index contributed by atoms with van der Waals surface area (Å²) in [6.45, 7) is 5.09. The number of esters is 1. The van der Waals surface area contributed by atoms with E-state index in [2.05, 4.69) is 5.32 Å². The Labute approximate surface area is 147 Å². The summed E-state index contributed by atoms with van der Waals surface area (Å²) in [5.74, 6) is -1.52. The highest BCUT2D eigenvalue weighted by molar-refractivity contribution is 5.80. The van der Waals surface area contributed by atoms with Crippen molar-refractivity contribution in [2.75, 3.05) is 52.8 Å². The van der Waals surface area contributed by atoms with Gasteiger partial charge in [0.15, 0.2) is 0 Å². The average molecular weight is 363 g/mol. The summed E-state index contributed by atoms with van der Waals surface area (Å²) in [5.41, 5.74) is 0. The molecule has 0 saturated carbocycles. The normalized spacial score (nSPS) is 10.4. The summed E-state index contributed by atoms with van der Waals surface area (Å²) in [6, 6.07) is 0. The number of hydrogen-bond acceptors (Lipinski definition) is 7. The molecule has 0 heterocycles. The van der Waals surface area contributed by atoms with E-state index in [9.17, 15) is 14.4 Å². The van der Waals surface area contributed by atoms with Gasteiger partial charge in [0, 0.05) is 19.6 Å². The first-order valence-corrected chi connectivity index (χ1v) is 8.43. The Hall–Kier alpha value is -1.71. The van der Waals surface area contributed by atoms with Crippen molar-refractivity contribution in [2.24, 2.45) is 0 Å². The minimum atomic E-state index is -0.983. The van der Waals surface area contributed by atoms with Crippen LogP contribution in [0.3, 0.4) is 0 Å². The first-order chi connectivity index (χ1) is 12.1. The van der Waals surface area contributed by atoms with Gasteiger partial charge in [-0.25, -0.2) is 0 Å². The maximum Gasteiger partial charge on any atom is 0.308 e. The molecule has 9 heteroatoms. The van der Waals surface area contributed by atoms with Crippen molar-refractivity contribution < 1.29 is 38.4 Å². The van der Waals surface area contributed by atoms with Gasteiger partial charge in [0.2, 0.25) is 5.91 Å². The molecule has 0 fully saturated rings. The summed E-state index contributed by atoms with van der Waals surface area (Å²) < 4.78 is 20.6. The number of carbonyl (C=O) groups is 3. The van der Waals surface area contributed by atoms with Gasteiger partial charge in [-0.2, -0.15) is 0 Å². The number of ether oxygens (including phenoxy) is 4. The van der Waals surface area contributed by atoms with Gasteiger partial charge < -0.3 is 29.4 Å². The zero-order valence-corrected chi connectivity index (χ0v) is 14.8. The maximum absolute atomic E-state index is 11.2. The molecule has 0 atom stereocenters. The summed E-state index contributed by atoms with van der Waals surface area (Å²) in [6.07, 6.45) is 0.720. The van der Waals surface area contributed by atoms with Crippen molar-refractivity contribution >= 4 is 17.8 Å². The Morgan fingerprint density at radius 3 is 2.04 bits per heavy atom. The molecular formula is C16H29NO8. The van der Waals surface area contributed by atoms with E-state index >= 15 is 0 Å². The van der Waals surface area contributed by atoms with E-state index in [4.69, 9.17) is 24.1 Å². The molecule has 0 bridgehead atoms. The van der Waals surface area contributed by atoms with Crippen molar-refractivity contribution in [3.63, 3.8) is 0 Å². The molecule has 0 radical (unpaired) electrons. The first kappa shape index (κ1) is 23.3. The third-order valence-electron chi connectivity index (χ3n) is 2.85. The molecule has 146 valence electrons. The van der Waals surface area contributed by atoms with Gasteiger partial charge in [0.05, 0.1) is 52.5 Å². The minimum absolute atomic E-state index is 0.00805. The SMILES string of the molecule is CCOC(=O)CCOCCOCCOCCCNC(=O)CCC(=O)O. The van der Waals surface area contributed by atoms with Crippen LogP contribution in [0.15, 0.2) is 0 Å². The topological polar surface area (TPSA) is 120 Å². The summed E-state index contributed by atoms with van der Waals surface area (Å²) in [7, 11) is 0. The van der Waals surface area contributed by atoms with Crippen LogP contribution in [-0.4, -0.2) is 75.7 Å². The smallest absolute Gasteiger partial charge is 0.308 e. The van der Waals surface area contributed by atoms with E-state index in [1.54, 1.807) is 6.92 Å². The Balaban J connectivity index is 3.17. The quantitative estimate of drug-likeness (QED) is 0.281. The molecule has 0 unspecified atom stereocenters. The molecule has 9 nitrogen and oxygen atoms in total. The lowest BCUT2D eigenvalue weighted by molar-refractivity contribution is -0.144. The van der Waals surface area contributed by atoms with Gasteiger partial charge in [0.25, 0.3) is 0 Å². The number of aliphatic carboxylic acids is 1. The Kier molecular flexibility index (Phi) is 16.0. The molecule has 0 aromatic heterocycles. The molecule has 1 amide bonds. The number of carbonyl (C=O) groups excluding carboxylic acids is 2. The molecule has 0 aromatic rings. The van der Waals surface area contributed by atoms with E-state index < -0.39 is 5.97 Å². The fourth-order valence-electron chi connectivity index (χ4n) is 1.64. The van der Waals surface area contributed by atoms with Crippen molar-refractivity contribution in [1.82, 2.24) is 5.32 Å².